The van der Waals surface area contributed by atoms with Gasteiger partial charge in [-0.05, 0) is 38.5 Å². The van der Waals surface area contributed by atoms with Crippen LogP contribution < -0.4 is 43.8 Å². The third kappa shape index (κ3) is 25.2. The van der Waals surface area contributed by atoms with Gasteiger partial charge in [-0.15, -0.1) is 0 Å². The number of aliphatic hydroxyl groups excluding tert-OH is 4. The Balaban J connectivity index is -0.000000434. The highest BCUT2D eigenvalue weighted by Gasteiger charge is 2.31. The molecule has 0 bridgehead atoms. The number of carboxylic acids is 2. The first kappa shape index (κ1) is 37.1. The van der Waals surface area contributed by atoms with E-state index in [1.807, 2.05) is 0 Å². The van der Waals surface area contributed by atoms with Gasteiger partial charge in [-0.2, -0.15) is 0 Å². The van der Waals surface area contributed by atoms with Crippen LogP contribution in [0, 0.1) is 0 Å². The van der Waals surface area contributed by atoms with Crippen LogP contribution in [0.2, 0.25) is 0 Å². The third-order valence-electron chi connectivity index (χ3n) is 4.36. The number of hydrogen-bond acceptors (Lipinski definition) is 12. The second-order valence-corrected chi connectivity index (χ2v) is 7.85. The summed E-state index contributed by atoms with van der Waals surface area (Å²) in [4.78, 5) is 19.9. The van der Waals surface area contributed by atoms with Crippen LogP contribution in [-0.2, 0) is 9.59 Å². The Hall–Kier alpha value is -1.46. The van der Waals surface area contributed by atoms with Gasteiger partial charge in [-0.25, -0.2) is 0 Å². The van der Waals surface area contributed by atoms with Crippen LogP contribution in [-0.4, -0.2) is 95.3 Å². The second kappa shape index (κ2) is 24.7. The summed E-state index contributed by atoms with van der Waals surface area (Å²) in [6.07, 6.45) is -3.34. The van der Waals surface area contributed by atoms with Gasteiger partial charge in [-0.1, -0.05) is 13.8 Å². The minimum Gasteiger partial charge on any atom is -0.547 e. The molecule has 0 aliphatic carbocycles. The standard InChI is InChI=1S/2C7H19N3.C6H10O8/c2*1-2-5-10-6-3-4-7(8)9;7-1(3(9)5(11)12)2(8)4(10)6(13)14/h2*7,10H,2-6,8-9H2,1H3;1-4,7-10H,(H,11,12)(H,13,14). The molecule has 4 atom stereocenters. The number of carboxylic acid groups (broad SMARTS) is 2. The van der Waals surface area contributed by atoms with Gasteiger partial charge >= 0.3 is 0 Å². The van der Waals surface area contributed by atoms with E-state index >= 15 is 0 Å². The van der Waals surface area contributed by atoms with E-state index in [2.05, 4.69) is 24.5 Å². The lowest BCUT2D eigenvalue weighted by Gasteiger charge is -2.27. The number of rotatable bonds is 17. The molecule has 0 aromatic rings. The maximum atomic E-state index is 9.96. The Morgan fingerprint density at radius 3 is 1.18 bits per heavy atom. The van der Waals surface area contributed by atoms with Crippen molar-refractivity contribution in [1.82, 2.24) is 0 Å². The van der Waals surface area contributed by atoms with Crippen molar-refractivity contribution in [3.05, 3.63) is 0 Å². The van der Waals surface area contributed by atoms with Gasteiger partial charge in [0.2, 0.25) is 0 Å². The van der Waals surface area contributed by atoms with Crippen molar-refractivity contribution in [1.29, 1.82) is 0 Å². The number of aliphatic carboxylic acids is 2. The zero-order valence-electron chi connectivity index (χ0n) is 20.4. The molecule has 14 heteroatoms. The molecular weight excluding hydrogens is 452 g/mol. The quantitative estimate of drug-likeness (QED) is 0.0657. The van der Waals surface area contributed by atoms with E-state index in [1.165, 1.54) is 39.0 Å². The summed E-state index contributed by atoms with van der Waals surface area (Å²) in [6, 6.07) is 0. The van der Waals surface area contributed by atoms with Gasteiger partial charge in [0, 0.05) is 0 Å². The summed E-state index contributed by atoms with van der Waals surface area (Å²) in [5.74, 6) is -4.22. The maximum absolute atomic E-state index is 9.96. The average molecular weight is 501 g/mol. The fourth-order valence-corrected chi connectivity index (χ4v) is 2.35. The van der Waals surface area contributed by atoms with Crippen LogP contribution in [0.25, 0.3) is 0 Å². The lowest BCUT2D eigenvalue weighted by atomic mass is 10.0. The van der Waals surface area contributed by atoms with E-state index < -0.39 is 36.4 Å². The summed E-state index contributed by atoms with van der Waals surface area (Å²) in [7, 11) is 0. The lowest BCUT2D eigenvalue weighted by Crippen LogP contribution is -2.84. The Labute approximate surface area is 201 Å². The largest absolute Gasteiger partial charge is 0.547 e. The number of nitrogens with two attached hydrogens (primary N) is 6. The Morgan fingerprint density at radius 2 is 0.971 bits per heavy atom. The summed E-state index contributed by atoms with van der Waals surface area (Å²) in [5.41, 5.74) is 21.5. The van der Waals surface area contributed by atoms with Gasteiger partial charge in [-0.3, -0.25) is 0 Å². The van der Waals surface area contributed by atoms with Crippen molar-refractivity contribution >= 4 is 11.9 Å². The van der Waals surface area contributed by atoms with Crippen LogP contribution in [0.5, 0.6) is 0 Å². The zero-order valence-corrected chi connectivity index (χ0v) is 20.4. The van der Waals surface area contributed by atoms with Crippen LogP contribution in [0.1, 0.15) is 52.4 Å². The van der Waals surface area contributed by atoms with Crippen molar-refractivity contribution in [2.75, 3.05) is 26.2 Å². The molecule has 206 valence electrons. The Bertz CT molecular complexity index is 446. The van der Waals surface area contributed by atoms with Gasteiger partial charge < -0.3 is 73.8 Å². The predicted octanol–water partition coefficient (Wildman–Crippen LogP) is -8.10. The summed E-state index contributed by atoms with van der Waals surface area (Å²) >= 11 is 0. The van der Waals surface area contributed by atoms with Crippen molar-refractivity contribution in [3.63, 3.8) is 0 Å². The zero-order chi connectivity index (χ0) is 27.1. The number of carbonyl (C=O) groups is 2. The summed E-state index contributed by atoms with van der Waals surface area (Å²) in [5, 5.41) is 59.3. The first-order valence-electron chi connectivity index (χ1n) is 11.6. The number of carbonyl (C=O) groups excluding carboxylic acids is 2. The van der Waals surface area contributed by atoms with E-state index in [1.54, 1.807) is 0 Å². The molecule has 0 saturated carbocycles. The SMILES string of the molecule is CCC[NH2+]CCCC(N)N.CCC[NH2+]CCCC(N)N.O=C([O-])C(O)C(O)C(O)C(O)C(=O)[O-]. The van der Waals surface area contributed by atoms with Crippen LogP contribution in [0.15, 0.2) is 0 Å². The van der Waals surface area contributed by atoms with Crippen LogP contribution >= 0.6 is 0 Å². The van der Waals surface area contributed by atoms with Gasteiger partial charge in [0.1, 0.15) is 24.4 Å². The summed E-state index contributed by atoms with van der Waals surface area (Å²) in [6.45, 7) is 9.15. The van der Waals surface area contributed by atoms with Crippen molar-refractivity contribution in [3.8, 4) is 0 Å². The predicted molar refractivity (Wildman–Crippen MR) is 121 cm³/mol. The molecule has 14 nitrogen and oxygen atoms in total. The first-order valence-corrected chi connectivity index (χ1v) is 11.6. The van der Waals surface area contributed by atoms with Crippen molar-refractivity contribution in [2.24, 2.45) is 22.9 Å². The molecule has 16 N–H and O–H groups in total. The number of aliphatic hydroxyl groups is 4. The Kier molecular flexibility index (Phi) is 26.9. The molecular formula is C20H48N6O8. The Morgan fingerprint density at radius 1 is 0.676 bits per heavy atom. The molecule has 0 radical (unpaired) electrons. The smallest absolute Gasteiger partial charge is 0.122 e. The van der Waals surface area contributed by atoms with Crippen LogP contribution in [0.4, 0.5) is 0 Å². The fraction of sp³-hybridized carbons (Fsp3) is 0.900. The van der Waals surface area contributed by atoms with Gasteiger partial charge in [0.25, 0.3) is 0 Å². The molecule has 0 heterocycles. The van der Waals surface area contributed by atoms with Crippen molar-refractivity contribution in [2.45, 2.75) is 89.1 Å². The molecule has 0 aromatic heterocycles. The molecule has 0 fully saturated rings. The fourth-order valence-electron chi connectivity index (χ4n) is 2.35. The molecule has 0 aliphatic heterocycles. The number of hydrogen-bond donors (Lipinski definition) is 10. The third-order valence-corrected chi connectivity index (χ3v) is 4.36. The monoisotopic (exact) mass is 500 g/mol. The lowest BCUT2D eigenvalue weighted by molar-refractivity contribution is -0.655. The van der Waals surface area contributed by atoms with E-state index in [-0.39, 0.29) is 12.3 Å². The highest BCUT2D eigenvalue weighted by atomic mass is 16.4. The highest BCUT2D eigenvalue weighted by Crippen LogP contribution is 2.04. The molecule has 0 spiro atoms. The topological polar surface area (TPSA) is 298 Å². The minimum atomic E-state index is -2.50. The van der Waals surface area contributed by atoms with Crippen molar-refractivity contribution < 1.29 is 50.9 Å². The van der Waals surface area contributed by atoms with E-state index in [9.17, 15) is 19.8 Å². The normalized spacial score (nSPS) is 14.4. The molecule has 0 aliphatic rings. The highest BCUT2D eigenvalue weighted by molar-refractivity contribution is 5.72. The van der Waals surface area contributed by atoms with Gasteiger partial charge in [0.15, 0.2) is 0 Å². The van der Waals surface area contributed by atoms with Crippen LogP contribution in [0.3, 0.4) is 0 Å². The molecule has 34 heavy (non-hydrogen) atoms. The van der Waals surface area contributed by atoms with E-state index in [0.29, 0.717) is 0 Å². The first-order chi connectivity index (χ1) is 15.8. The molecule has 0 amide bonds. The molecule has 4 unspecified atom stereocenters. The maximum Gasteiger partial charge on any atom is 0.122 e. The molecule has 0 rings (SSSR count). The average Bonchev–Trinajstić information content (AvgIpc) is 2.77. The molecule has 0 saturated heterocycles. The summed E-state index contributed by atoms with van der Waals surface area (Å²) < 4.78 is 0. The minimum absolute atomic E-state index is 0.116. The van der Waals surface area contributed by atoms with Gasteiger partial charge in [0.05, 0.1) is 50.4 Å². The number of quaternary nitrogens is 2. The van der Waals surface area contributed by atoms with E-state index in [4.69, 9.17) is 43.4 Å². The molecule has 0 aromatic carbocycles. The second-order valence-electron chi connectivity index (χ2n) is 7.85. The van der Waals surface area contributed by atoms with E-state index in [0.717, 1.165) is 25.7 Å².